The third-order valence-electron chi connectivity index (χ3n) is 9.33. The molecule has 1 saturated carbocycles. The maximum Gasteiger partial charge on any atom is 0.417 e. The molecule has 0 radical (unpaired) electrons. The van der Waals surface area contributed by atoms with Gasteiger partial charge in [0.2, 0.25) is 0 Å². The fraction of sp³-hybridized carbons (Fsp3) is 0.421. The van der Waals surface area contributed by atoms with Crippen molar-refractivity contribution in [1.29, 1.82) is 0 Å². The van der Waals surface area contributed by atoms with Gasteiger partial charge in [0.15, 0.2) is 0 Å². The Morgan fingerprint density at radius 2 is 1.59 bits per heavy atom. The predicted octanol–water partition coefficient (Wildman–Crippen LogP) is 7.30. The summed E-state index contributed by atoms with van der Waals surface area (Å²) in [6, 6.07) is 18.8. The Labute approximate surface area is 294 Å². The van der Waals surface area contributed by atoms with Crippen molar-refractivity contribution in [2.75, 3.05) is 18.0 Å². The lowest BCUT2D eigenvalue weighted by Crippen LogP contribution is -2.60. The zero-order chi connectivity index (χ0) is 36.9. The number of fused-ring (bicyclic) bond motifs is 1. The van der Waals surface area contributed by atoms with Gasteiger partial charge >= 0.3 is 18.2 Å². The molecule has 51 heavy (non-hydrogen) atoms. The number of carboxylic acid groups (broad SMARTS) is 1. The van der Waals surface area contributed by atoms with Crippen LogP contribution in [-0.2, 0) is 33.7 Å². The molecule has 3 amide bonds. The molecular formula is C38H42F3N3O7. The van der Waals surface area contributed by atoms with Crippen molar-refractivity contribution < 1.29 is 46.9 Å². The fourth-order valence-corrected chi connectivity index (χ4v) is 6.65. The monoisotopic (exact) mass is 709 g/mol. The van der Waals surface area contributed by atoms with Gasteiger partial charge < -0.3 is 29.3 Å². The van der Waals surface area contributed by atoms with E-state index in [4.69, 9.17) is 9.47 Å². The molecule has 5 rings (SSSR count). The van der Waals surface area contributed by atoms with E-state index >= 15 is 0 Å². The van der Waals surface area contributed by atoms with Crippen LogP contribution in [0.15, 0.2) is 72.8 Å². The number of ether oxygens (including phenoxy) is 2. The number of halogens is 3. The first kappa shape index (κ1) is 37.2. The van der Waals surface area contributed by atoms with Gasteiger partial charge in [-0.15, -0.1) is 0 Å². The van der Waals surface area contributed by atoms with Gasteiger partial charge in [-0.3, -0.25) is 9.59 Å². The number of alkyl halides is 3. The largest absolute Gasteiger partial charge is 0.478 e. The second kappa shape index (κ2) is 15.4. The molecule has 1 unspecified atom stereocenters. The van der Waals surface area contributed by atoms with Crippen LogP contribution in [0.3, 0.4) is 0 Å². The molecule has 0 spiro atoms. The third kappa shape index (κ3) is 8.29. The molecule has 272 valence electrons. The number of carbonyl (C=O) groups is 4. The molecule has 3 aromatic carbocycles. The lowest BCUT2D eigenvalue weighted by Gasteiger charge is -2.40. The summed E-state index contributed by atoms with van der Waals surface area (Å²) in [6.07, 6.45) is -1.78. The van der Waals surface area contributed by atoms with E-state index in [9.17, 15) is 37.5 Å². The quantitative estimate of drug-likeness (QED) is 0.208. The lowest BCUT2D eigenvalue weighted by atomic mass is 9.92. The van der Waals surface area contributed by atoms with E-state index in [1.807, 2.05) is 6.07 Å². The molecular weight excluding hydrogens is 667 g/mol. The van der Waals surface area contributed by atoms with Crippen molar-refractivity contribution in [3.05, 3.63) is 95.1 Å². The van der Waals surface area contributed by atoms with E-state index in [0.717, 1.165) is 48.3 Å². The summed E-state index contributed by atoms with van der Waals surface area (Å²) < 4.78 is 55.1. The number of amides is 3. The molecule has 1 aliphatic heterocycles. The smallest absolute Gasteiger partial charge is 0.417 e. The number of carbonyl (C=O) groups excluding carboxylic acids is 3. The Morgan fingerprint density at radius 1 is 0.980 bits per heavy atom. The number of rotatable bonds is 11. The molecule has 13 heteroatoms. The molecule has 0 bridgehead atoms. The van der Waals surface area contributed by atoms with Crippen molar-refractivity contribution in [2.24, 2.45) is 0 Å². The zero-order valence-electron chi connectivity index (χ0n) is 28.8. The number of aliphatic carboxylic acids is 1. The Bertz CT molecular complexity index is 1730. The highest BCUT2D eigenvalue weighted by Crippen LogP contribution is 2.45. The van der Waals surface area contributed by atoms with Crippen molar-refractivity contribution in [2.45, 2.75) is 89.9 Å². The van der Waals surface area contributed by atoms with Crippen molar-refractivity contribution >= 4 is 29.6 Å². The lowest BCUT2D eigenvalue weighted by molar-refractivity contribution is -0.161. The average Bonchev–Trinajstić information content (AvgIpc) is 3.10. The minimum atomic E-state index is -5.01. The highest BCUT2D eigenvalue weighted by atomic mass is 19.4. The predicted molar refractivity (Wildman–Crippen MR) is 182 cm³/mol. The van der Waals surface area contributed by atoms with Crippen LogP contribution in [0.4, 0.5) is 23.7 Å². The van der Waals surface area contributed by atoms with Crippen LogP contribution in [0.2, 0.25) is 0 Å². The molecule has 3 aromatic rings. The Hall–Kier alpha value is -5.07. The van der Waals surface area contributed by atoms with Crippen LogP contribution in [0, 0.1) is 0 Å². The SMILES string of the molecule is CC(C)N(C(=O)c1cc2c(cc1C(F)(F)F)OC(C)(C(=O)O)C(=O)N2CCN(Cc1ccccc1)C(=O)OCc1ccccc1)C1CCCCC1. The molecule has 10 nitrogen and oxygen atoms in total. The number of nitrogens with zero attached hydrogens (tertiary/aromatic N) is 3. The van der Waals surface area contributed by atoms with Crippen molar-refractivity contribution in [3.8, 4) is 5.75 Å². The molecule has 0 saturated heterocycles. The summed E-state index contributed by atoms with van der Waals surface area (Å²) in [5.74, 6) is -4.17. The van der Waals surface area contributed by atoms with Crippen LogP contribution in [0.1, 0.15) is 79.9 Å². The molecule has 1 fully saturated rings. The first-order valence-electron chi connectivity index (χ1n) is 17.0. The molecule has 2 aliphatic rings. The van der Waals surface area contributed by atoms with Gasteiger partial charge in [0, 0.05) is 31.7 Å². The minimum absolute atomic E-state index is 0.0413. The number of carboxylic acids is 1. The summed E-state index contributed by atoms with van der Waals surface area (Å²) in [5, 5.41) is 10.1. The van der Waals surface area contributed by atoms with E-state index in [2.05, 4.69) is 0 Å². The number of benzene rings is 3. The molecule has 1 heterocycles. The van der Waals surface area contributed by atoms with Crippen molar-refractivity contribution in [3.63, 3.8) is 0 Å². The maximum atomic E-state index is 14.7. The summed E-state index contributed by atoms with van der Waals surface area (Å²) in [4.78, 5) is 57.7. The van der Waals surface area contributed by atoms with E-state index in [1.165, 1.54) is 9.80 Å². The van der Waals surface area contributed by atoms with Gasteiger partial charge in [0.1, 0.15) is 12.4 Å². The molecule has 1 N–H and O–H groups in total. The van der Waals surface area contributed by atoms with E-state index in [-0.39, 0.29) is 38.0 Å². The first-order valence-corrected chi connectivity index (χ1v) is 17.0. The number of hydrogen-bond acceptors (Lipinski definition) is 6. The molecule has 1 atom stereocenters. The normalized spacial score (nSPS) is 17.8. The minimum Gasteiger partial charge on any atom is -0.478 e. The topological polar surface area (TPSA) is 117 Å². The first-order chi connectivity index (χ1) is 24.2. The third-order valence-corrected chi connectivity index (χ3v) is 9.33. The van der Waals surface area contributed by atoms with E-state index in [0.29, 0.717) is 18.9 Å². The van der Waals surface area contributed by atoms with Crippen LogP contribution in [0.25, 0.3) is 0 Å². The van der Waals surface area contributed by atoms with Gasteiger partial charge in [-0.05, 0) is 56.9 Å². The Morgan fingerprint density at radius 3 is 2.16 bits per heavy atom. The van der Waals surface area contributed by atoms with Gasteiger partial charge in [-0.1, -0.05) is 79.9 Å². The second-order valence-corrected chi connectivity index (χ2v) is 13.3. The van der Waals surface area contributed by atoms with Gasteiger partial charge in [-0.2, -0.15) is 13.2 Å². The summed E-state index contributed by atoms with van der Waals surface area (Å²) >= 11 is 0. The molecule has 1 aliphatic carbocycles. The van der Waals surface area contributed by atoms with E-state index < -0.39 is 58.6 Å². The zero-order valence-corrected chi connectivity index (χ0v) is 28.8. The van der Waals surface area contributed by atoms with Gasteiger partial charge in [-0.25, -0.2) is 9.59 Å². The van der Waals surface area contributed by atoms with Gasteiger partial charge in [0.25, 0.3) is 17.4 Å². The van der Waals surface area contributed by atoms with Crippen molar-refractivity contribution in [1.82, 2.24) is 9.80 Å². The molecule has 0 aromatic heterocycles. The van der Waals surface area contributed by atoms with E-state index in [1.54, 1.807) is 68.4 Å². The van der Waals surface area contributed by atoms with Crippen LogP contribution in [0.5, 0.6) is 5.75 Å². The van der Waals surface area contributed by atoms with Crippen LogP contribution in [-0.4, -0.2) is 69.6 Å². The van der Waals surface area contributed by atoms with Crippen LogP contribution < -0.4 is 9.64 Å². The van der Waals surface area contributed by atoms with Crippen LogP contribution >= 0.6 is 0 Å². The average molecular weight is 710 g/mol. The summed E-state index contributed by atoms with van der Waals surface area (Å²) in [7, 11) is 0. The Balaban J connectivity index is 1.54. The summed E-state index contributed by atoms with van der Waals surface area (Å²) in [5.41, 5.74) is -3.31. The second-order valence-electron chi connectivity index (χ2n) is 13.3. The number of hydrogen-bond donors (Lipinski definition) is 1. The highest BCUT2D eigenvalue weighted by molar-refractivity contribution is 6.15. The number of anilines is 1. The highest BCUT2D eigenvalue weighted by Gasteiger charge is 2.52. The van der Waals surface area contributed by atoms with Gasteiger partial charge in [0.05, 0.1) is 16.8 Å². The standard InChI is InChI=1S/C38H42F3N3O7/c1-25(2)44(28-17-11-6-12-18-28)33(45)29-21-31-32(22-30(29)38(39,40)41)51-37(3,35(47)48)34(46)43(31)20-19-42(23-26-13-7-4-8-14-26)36(49)50-24-27-15-9-5-10-16-27/h4-5,7-10,13-16,21-22,25,28H,6,11-12,17-20,23-24H2,1-3H3,(H,47,48). The summed E-state index contributed by atoms with van der Waals surface area (Å²) in [6.45, 7) is 3.91. The maximum absolute atomic E-state index is 14.7. The fourth-order valence-electron chi connectivity index (χ4n) is 6.65. The Kier molecular flexibility index (Phi) is 11.3.